The predicted octanol–water partition coefficient (Wildman–Crippen LogP) is 6.19. The number of hydrogen-bond acceptors (Lipinski definition) is 3. The predicted molar refractivity (Wildman–Crippen MR) is 136 cm³/mol. The Kier molecular flexibility index (Phi) is 7.38. The number of hydrogen-bond donors (Lipinski definition) is 0. The molecular weight excluding hydrogens is 571 g/mol. The molecule has 1 amide bonds. The molecule has 0 saturated carbocycles. The van der Waals surface area contributed by atoms with Gasteiger partial charge in [-0.3, -0.25) is 4.79 Å². The summed E-state index contributed by atoms with van der Waals surface area (Å²) in [5.74, 6) is -0.311. The number of sulfonamides is 1. The van der Waals surface area contributed by atoms with E-state index in [0.29, 0.717) is 33.6 Å². The molecule has 33 heavy (non-hydrogen) atoms. The topological polar surface area (TPSA) is 57.7 Å². The highest BCUT2D eigenvalue weighted by molar-refractivity contribution is 9.10. The summed E-state index contributed by atoms with van der Waals surface area (Å²) < 4.78 is 29.1. The Labute approximate surface area is 216 Å². The Morgan fingerprint density at radius 2 is 1.70 bits per heavy atom. The normalized spacial score (nSPS) is 13.4. The van der Waals surface area contributed by atoms with Crippen LogP contribution in [0.1, 0.15) is 11.1 Å². The van der Waals surface area contributed by atoms with E-state index >= 15 is 0 Å². The first kappa shape index (κ1) is 24.5. The van der Waals surface area contributed by atoms with Crippen LogP contribution in [0.2, 0.25) is 15.1 Å². The van der Waals surface area contributed by atoms with Crippen LogP contribution in [0, 0.1) is 0 Å². The lowest BCUT2D eigenvalue weighted by Crippen LogP contribution is -2.42. The van der Waals surface area contributed by atoms with Crippen LogP contribution in [0.15, 0.2) is 70.0 Å². The SMILES string of the molecule is O=C(CN(Cc1ccc(Cl)c(Cl)c1)S(=O)(=O)c1ccc(Cl)cc1)N1CCc2cc(Br)ccc21. The van der Waals surface area contributed by atoms with E-state index in [1.54, 1.807) is 23.1 Å². The molecule has 0 aliphatic carbocycles. The Hall–Kier alpha value is -1.61. The average molecular weight is 589 g/mol. The van der Waals surface area contributed by atoms with Crippen molar-refractivity contribution in [1.82, 2.24) is 4.31 Å². The lowest BCUT2D eigenvalue weighted by molar-refractivity contribution is -0.118. The van der Waals surface area contributed by atoms with E-state index in [2.05, 4.69) is 15.9 Å². The summed E-state index contributed by atoms with van der Waals surface area (Å²) >= 11 is 21.5. The molecule has 0 unspecified atom stereocenters. The zero-order valence-electron chi connectivity index (χ0n) is 17.1. The molecule has 172 valence electrons. The molecule has 5 nitrogen and oxygen atoms in total. The fraction of sp³-hybridized carbons (Fsp3) is 0.174. The van der Waals surface area contributed by atoms with Crippen molar-refractivity contribution in [1.29, 1.82) is 0 Å². The first-order chi connectivity index (χ1) is 15.6. The standard InChI is InChI=1S/C23H18BrCl3N2O3S/c24-17-2-8-22-16(12-17)9-10-29(22)23(30)14-28(13-15-1-7-20(26)21(27)11-15)33(31,32)19-5-3-18(25)4-6-19/h1-8,11-12H,9-10,13-14H2. The Balaban J connectivity index is 1.66. The number of carbonyl (C=O) groups is 1. The molecule has 0 fully saturated rings. The van der Waals surface area contributed by atoms with Crippen molar-refractivity contribution in [2.45, 2.75) is 17.9 Å². The lowest BCUT2D eigenvalue weighted by atomic mass is 10.2. The van der Waals surface area contributed by atoms with Crippen molar-refractivity contribution >= 4 is 72.4 Å². The van der Waals surface area contributed by atoms with Crippen molar-refractivity contribution in [3.63, 3.8) is 0 Å². The Morgan fingerprint density at radius 3 is 2.39 bits per heavy atom. The molecule has 0 spiro atoms. The van der Waals surface area contributed by atoms with Gasteiger partial charge < -0.3 is 4.90 Å². The number of anilines is 1. The molecule has 3 aromatic carbocycles. The smallest absolute Gasteiger partial charge is 0.243 e. The summed E-state index contributed by atoms with van der Waals surface area (Å²) in [5, 5.41) is 1.09. The Morgan fingerprint density at radius 1 is 0.970 bits per heavy atom. The van der Waals surface area contributed by atoms with Gasteiger partial charge in [0.05, 0.1) is 21.5 Å². The van der Waals surface area contributed by atoms with Gasteiger partial charge in [-0.05, 0) is 72.1 Å². The van der Waals surface area contributed by atoms with Crippen molar-refractivity contribution in [3.8, 4) is 0 Å². The molecular formula is C23H18BrCl3N2O3S. The Bertz CT molecular complexity index is 1320. The molecule has 1 aliphatic heterocycles. The number of amides is 1. The van der Waals surface area contributed by atoms with Crippen LogP contribution < -0.4 is 4.90 Å². The van der Waals surface area contributed by atoms with Gasteiger partial charge in [0, 0.05) is 28.3 Å². The van der Waals surface area contributed by atoms with Crippen LogP contribution in [0.5, 0.6) is 0 Å². The van der Waals surface area contributed by atoms with Gasteiger partial charge in [-0.15, -0.1) is 0 Å². The van der Waals surface area contributed by atoms with Gasteiger partial charge in [-0.25, -0.2) is 8.42 Å². The van der Waals surface area contributed by atoms with Crippen LogP contribution in [0.4, 0.5) is 5.69 Å². The van der Waals surface area contributed by atoms with Crippen LogP contribution in [0.25, 0.3) is 0 Å². The first-order valence-electron chi connectivity index (χ1n) is 9.93. The van der Waals surface area contributed by atoms with E-state index in [1.807, 2.05) is 18.2 Å². The number of benzene rings is 3. The minimum atomic E-state index is -4.00. The maximum Gasteiger partial charge on any atom is 0.243 e. The third-order valence-electron chi connectivity index (χ3n) is 5.34. The van der Waals surface area contributed by atoms with E-state index in [-0.39, 0.29) is 23.9 Å². The number of rotatable bonds is 6. The fourth-order valence-corrected chi connectivity index (χ4v) is 5.92. The summed E-state index contributed by atoms with van der Waals surface area (Å²) in [6, 6.07) is 16.4. The minimum Gasteiger partial charge on any atom is -0.311 e. The fourth-order valence-electron chi connectivity index (χ4n) is 3.69. The van der Waals surface area contributed by atoms with E-state index in [4.69, 9.17) is 34.8 Å². The molecule has 3 aromatic rings. The summed E-state index contributed by atoms with van der Waals surface area (Å²) in [4.78, 5) is 15.0. The third-order valence-corrected chi connectivity index (χ3v) is 8.63. The van der Waals surface area contributed by atoms with Crippen molar-refractivity contribution in [2.24, 2.45) is 0 Å². The average Bonchev–Trinajstić information content (AvgIpc) is 3.19. The van der Waals surface area contributed by atoms with E-state index < -0.39 is 10.0 Å². The first-order valence-corrected chi connectivity index (χ1v) is 13.3. The molecule has 0 bridgehead atoms. The number of carbonyl (C=O) groups excluding carboxylic acids is 1. The summed E-state index contributed by atoms with van der Waals surface area (Å²) in [6.07, 6.45) is 0.706. The van der Waals surface area contributed by atoms with E-state index in [9.17, 15) is 13.2 Å². The molecule has 0 saturated heterocycles. The molecule has 1 aliphatic rings. The van der Waals surface area contributed by atoms with Gasteiger partial charge in [0.25, 0.3) is 0 Å². The van der Waals surface area contributed by atoms with Crippen molar-refractivity contribution in [2.75, 3.05) is 18.0 Å². The second-order valence-corrected chi connectivity index (χ2v) is 11.6. The van der Waals surface area contributed by atoms with Gasteiger partial charge in [0.2, 0.25) is 15.9 Å². The second kappa shape index (κ2) is 9.94. The molecule has 4 rings (SSSR count). The van der Waals surface area contributed by atoms with Gasteiger partial charge in [-0.1, -0.05) is 56.8 Å². The second-order valence-electron chi connectivity index (χ2n) is 7.54. The highest BCUT2D eigenvalue weighted by Crippen LogP contribution is 2.31. The monoisotopic (exact) mass is 586 g/mol. The maximum absolute atomic E-state index is 13.5. The van der Waals surface area contributed by atoms with Gasteiger partial charge >= 0.3 is 0 Å². The zero-order chi connectivity index (χ0) is 23.8. The lowest BCUT2D eigenvalue weighted by Gasteiger charge is -2.25. The largest absolute Gasteiger partial charge is 0.311 e. The molecule has 0 atom stereocenters. The molecule has 1 heterocycles. The zero-order valence-corrected chi connectivity index (χ0v) is 21.8. The van der Waals surface area contributed by atoms with Crippen molar-refractivity contribution in [3.05, 3.63) is 91.3 Å². The molecule has 0 aromatic heterocycles. The number of nitrogens with zero attached hydrogens (tertiary/aromatic N) is 2. The van der Waals surface area contributed by atoms with Gasteiger partial charge in [0.1, 0.15) is 0 Å². The van der Waals surface area contributed by atoms with Crippen LogP contribution in [-0.2, 0) is 27.8 Å². The minimum absolute atomic E-state index is 0.0468. The van der Waals surface area contributed by atoms with Crippen LogP contribution in [0.3, 0.4) is 0 Å². The molecule has 10 heteroatoms. The summed E-state index contributed by atoms with van der Waals surface area (Å²) in [5.41, 5.74) is 2.44. The summed E-state index contributed by atoms with van der Waals surface area (Å²) in [7, 11) is -4.00. The van der Waals surface area contributed by atoms with Crippen LogP contribution >= 0.6 is 50.7 Å². The van der Waals surface area contributed by atoms with E-state index in [0.717, 1.165) is 20.0 Å². The number of fused-ring (bicyclic) bond motifs is 1. The third kappa shape index (κ3) is 5.39. The quantitative estimate of drug-likeness (QED) is 0.345. The summed E-state index contributed by atoms with van der Waals surface area (Å²) in [6.45, 7) is 0.113. The highest BCUT2D eigenvalue weighted by atomic mass is 79.9. The maximum atomic E-state index is 13.5. The van der Waals surface area contributed by atoms with Gasteiger partial charge in [0.15, 0.2) is 0 Å². The molecule has 0 radical (unpaired) electrons. The molecule has 0 N–H and O–H groups in total. The highest BCUT2D eigenvalue weighted by Gasteiger charge is 2.31. The van der Waals surface area contributed by atoms with E-state index in [1.165, 1.54) is 24.3 Å². The van der Waals surface area contributed by atoms with Crippen molar-refractivity contribution < 1.29 is 13.2 Å². The van der Waals surface area contributed by atoms with Gasteiger partial charge in [-0.2, -0.15) is 4.31 Å². The van der Waals surface area contributed by atoms with Crippen LogP contribution in [-0.4, -0.2) is 31.7 Å². The number of halogens is 4.